The molecule has 98 valence electrons. The molecule has 17 heavy (non-hydrogen) atoms. The van der Waals surface area contributed by atoms with Gasteiger partial charge in [-0.25, -0.2) is 0 Å². The van der Waals surface area contributed by atoms with Gasteiger partial charge in [0, 0.05) is 0 Å². The van der Waals surface area contributed by atoms with Crippen molar-refractivity contribution in [3.8, 4) is 0 Å². The lowest BCUT2D eigenvalue weighted by atomic mass is 10.2. The average Bonchev–Trinajstić information content (AvgIpc) is 2.73. The number of nitrogens with zero attached hydrogens (tertiary/aromatic N) is 2. The molecule has 1 aliphatic rings. The lowest BCUT2D eigenvalue weighted by Crippen LogP contribution is -2.18. The predicted octanol–water partition coefficient (Wildman–Crippen LogP) is 3.67. The van der Waals surface area contributed by atoms with Gasteiger partial charge >= 0.3 is 6.18 Å². The highest BCUT2D eigenvalue weighted by atomic mass is 35.5. The van der Waals surface area contributed by atoms with Gasteiger partial charge in [-0.15, -0.1) is 12.4 Å². The molecule has 0 radical (unpaired) electrons. The summed E-state index contributed by atoms with van der Waals surface area (Å²) in [6.45, 7) is 0. The van der Waals surface area contributed by atoms with Crippen molar-refractivity contribution in [1.29, 1.82) is 0 Å². The second kappa shape index (κ2) is 4.94. The van der Waals surface area contributed by atoms with Gasteiger partial charge in [-0.05, 0) is 12.8 Å². The molecule has 0 bridgehead atoms. The van der Waals surface area contributed by atoms with Crippen LogP contribution in [0, 0.1) is 0 Å². The van der Waals surface area contributed by atoms with Gasteiger partial charge in [0.05, 0.1) is 6.04 Å². The Morgan fingerprint density at radius 1 is 1.29 bits per heavy atom. The van der Waals surface area contributed by atoms with Crippen molar-refractivity contribution in [2.75, 3.05) is 5.73 Å². The molecule has 0 saturated heterocycles. The van der Waals surface area contributed by atoms with E-state index in [-0.39, 0.29) is 24.3 Å². The lowest BCUT2D eigenvalue weighted by molar-refractivity contribution is -0.144. The monoisotopic (exact) mass is 289 g/mol. The van der Waals surface area contributed by atoms with Gasteiger partial charge in [0.25, 0.3) is 0 Å². The molecular formula is C9H12Cl2F3N3. The molecule has 8 heteroatoms. The summed E-state index contributed by atoms with van der Waals surface area (Å²) in [4.78, 5) is 0. The summed E-state index contributed by atoms with van der Waals surface area (Å²) in [5.41, 5.74) is 4.42. The Morgan fingerprint density at radius 3 is 2.29 bits per heavy atom. The number of hydrogen-bond acceptors (Lipinski definition) is 2. The largest absolute Gasteiger partial charge is 0.434 e. The minimum absolute atomic E-state index is 0. The Balaban J connectivity index is 0.00000144. The van der Waals surface area contributed by atoms with Crippen LogP contribution in [0.2, 0.25) is 5.02 Å². The van der Waals surface area contributed by atoms with Crippen molar-refractivity contribution in [2.24, 2.45) is 0 Å². The van der Waals surface area contributed by atoms with E-state index in [0.29, 0.717) is 12.8 Å². The van der Waals surface area contributed by atoms with E-state index in [1.54, 1.807) is 0 Å². The van der Waals surface area contributed by atoms with Crippen LogP contribution >= 0.6 is 24.0 Å². The summed E-state index contributed by atoms with van der Waals surface area (Å²) in [6.07, 6.45) is -1.29. The summed E-state index contributed by atoms with van der Waals surface area (Å²) < 4.78 is 39.3. The lowest BCUT2D eigenvalue weighted by Gasteiger charge is -2.15. The normalized spacial score (nSPS) is 17.2. The van der Waals surface area contributed by atoms with Crippen molar-refractivity contribution >= 4 is 29.8 Å². The first-order valence-corrected chi connectivity index (χ1v) is 5.39. The average molecular weight is 290 g/mol. The zero-order valence-electron chi connectivity index (χ0n) is 8.80. The molecule has 0 unspecified atom stereocenters. The van der Waals surface area contributed by atoms with Crippen LogP contribution in [0.15, 0.2) is 0 Å². The van der Waals surface area contributed by atoms with E-state index in [4.69, 9.17) is 17.3 Å². The third kappa shape index (κ3) is 2.63. The van der Waals surface area contributed by atoms with Crippen LogP contribution in [0.3, 0.4) is 0 Å². The van der Waals surface area contributed by atoms with E-state index in [1.807, 2.05) is 0 Å². The zero-order chi connectivity index (χ0) is 11.9. The van der Waals surface area contributed by atoms with Gasteiger partial charge in [-0.3, -0.25) is 4.68 Å². The Kier molecular flexibility index (Phi) is 4.19. The number of aromatic nitrogens is 2. The molecule has 1 aliphatic carbocycles. The predicted molar refractivity (Wildman–Crippen MR) is 61.4 cm³/mol. The standard InChI is InChI=1S/C9H11ClF3N3.ClH/c10-6-7(9(11,12)13)16(15-8(6)14)5-3-1-2-4-5;/h5H,1-4H2,(H2,14,15);1H. The highest BCUT2D eigenvalue weighted by Crippen LogP contribution is 2.41. The summed E-state index contributed by atoms with van der Waals surface area (Å²) in [7, 11) is 0. The molecule has 1 aromatic rings. The highest BCUT2D eigenvalue weighted by Gasteiger charge is 2.41. The quantitative estimate of drug-likeness (QED) is 0.857. The first kappa shape index (κ1) is 14.4. The molecule has 1 aromatic heterocycles. The first-order valence-electron chi connectivity index (χ1n) is 5.02. The number of halogens is 5. The van der Waals surface area contributed by atoms with Crippen molar-refractivity contribution < 1.29 is 13.2 Å². The molecule has 0 spiro atoms. The summed E-state index contributed by atoms with van der Waals surface area (Å²) in [5, 5.41) is 3.21. The summed E-state index contributed by atoms with van der Waals surface area (Å²) in [5.74, 6) is -0.249. The minimum atomic E-state index is -4.51. The van der Waals surface area contributed by atoms with Crippen molar-refractivity contribution in [2.45, 2.75) is 37.9 Å². The summed E-state index contributed by atoms with van der Waals surface area (Å²) >= 11 is 5.55. The third-order valence-corrected chi connectivity index (χ3v) is 3.19. The summed E-state index contributed by atoms with van der Waals surface area (Å²) in [6, 6.07) is -0.230. The molecule has 1 saturated carbocycles. The van der Waals surface area contributed by atoms with Crippen molar-refractivity contribution in [3.05, 3.63) is 10.7 Å². The maximum Gasteiger partial charge on any atom is 0.434 e. The number of nitrogen functional groups attached to an aromatic ring is 1. The SMILES string of the molecule is Cl.Nc1nn(C2CCCC2)c(C(F)(F)F)c1Cl. The van der Waals surface area contributed by atoms with Crippen LogP contribution in [-0.2, 0) is 6.18 Å². The smallest absolute Gasteiger partial charge is 0.381 e. The molecule has 1 heterocycles. The Bertz CT molecular complexity index is 397. The van der Waals surface area contributed by atoms with E-state index in [1.165, 1.54) is 0 Å². The number of nitrogens with two attached hydrogens (primary N) is 1. The van der Waals surface area contributed by atoms with Crippen molar-refractivity contribution in [1.82, 2.24) is 9.78 Å². The maximum absolute atomic E-state index is 12.8. The minimum Gasteiger partial charge on any atom is -0.381 e. The van der Waals surface area contributed by atoms with E-state index in [9.17, 15) is 13.2 Å². The van der Waals surface area contributed by atoms with Gasteiger partial charge in [0.15, 0.2) is 11.5 Å². The second-order valence-electron chi connectivity index (χ2n) is 3.93. The zero-order valence-corrected chi connectivity index (χ0v) is 10.4. The van der Waals surface area contributed by atoms with Crippen LogP contribution in [-0.4, -0.2) is 9.78 Å². The number of hydrogen-bond donors (Lipinski definition) is 1. The highest BCUT2D eigenvalue weighted by molar-refractivity contribution is 6.33. The topological polar surface area (TPSA) is 43.8 Å². The van der Waals surface area contributed by atoms with Gasteiger partial charge in [0.2, 0.25) is 0 Å². The fourth-order valence-corrected chi connectivity index (χ4v) is 2.33. The molecule has 3 nitrogen and oxygen atoms in total. The molecule has 0 amide bonds. The fourth-order valence-electron chi connectivity index (χ4n) is 2.10. The van der Waals surface area contributed by atoms with Gasteiger partial charge in [-0.1, -0.05) is 24.4 Å². The number of rotatable bonds is 1. The third-order valence-electron chi connectivity index (χ3n) is 2.82. The van der Waals surface area contributed by atoms with E-state index in [2.05, 4.69) is 5.10 Å². The molecule has 0 atom stereocenters. The molecule has 0 aromatic carbocycles. The van der Waals surface area contributed by atoms with Gasteiger partial charge < -0.3 is 5.73 Å². The Morgan fingerprint density at radius 2 is 1.82 bits per heavy atom. The molecular weight excluding hydrogens is 278 g/mol. The molecule has 1 fully saturated rings. The number of anilines is 1. The van der Waals surface area contributed by atoms with Crippen LogP contribution < -0.4 is 5.73 Å². The van der Waals surface area contributed by atoms with E-state index in [0.717, 1.165) is 17.5 Å². The number of alkyl halides is 3. The fraction of sp³-hybridized carbons (Fsp3) is 0.667. The van der Waals surface area contributed by atoms with Crippen LogP contribution in [0.4, 0.5) is 19.0 Å². The molecule has 0 aliphatic heterocycles. The van der Waals surface area contributed by atoms with E-state index < -0.39 is 16.9 Å². The van der Waals surface area contributed by atoms with Gasteiger partial charge in [0.1, 0.15) is 5.02 Å². The van der Waals surface area contributed by atoms with E-state index >= 15 is 0 Å². The van der Waals surface area contributed by atoms with Gasteiger partial charge in [-0.2, -0.15) is 18.3 Å². The van der Waals surface area contributed by atoms with Crippen LogP contribution in [0.1, 0.15) is 37.4 Å². The van der Waals surface area contributed by atoms with Crippen LogP contribution in [0.25, 0.3) is 0 Å². The molecule has 2 rings (SSSR count). The maximum atomic E-state index is 12.8. The van der Waals surface area contributed by atoms with Crippen molar-refractivity contribution in [3.63, 3.8) is 0 Å². The Labute approximate surface area is 108 Å². The Hall–Kier alpha value is -0.620. The first-order chi connectivity index (χ1) is 7.41. The van der Waals surface area contributed by atoms with Crippen LogP contribution in [0.5, 0.6) is 0 Å². The second-order valence-corrected chi connectivity index (χ2v) is 4.31. The molecule has 2 N–H and O–H groups in total.